The monoisotopic (exact) mass is 248 g/mol. The number of nitrogens with zero attached hydrogens (tertiary/aromatic N) is 2. The van der Waals surface area contributed by atoms with Crippen molar-refractivity contribution in [2.45, 2.75) is 12.0 Å². The highest BCUT2D eigenvalue weighted by molar-refractivity contribution is 7.97. The van der Waals surface area contributed by atoms with Gasteiger partial charge in [-0.25, -0.2) is 4.31 Å². The van der Waals surface area contributed by atoms with Crippen LogP contribution in [0.4, 0.5) is 0 Å². The summed E-state index contributed by atoms with van der Waals surface area (Å²) in [6.45, 7) is 0.530. The second-order valence-corrected chi connectivity index (χ2v) is 4.77. The van der Waals surface area contributed by atoms with Crippen molar-refractivity contribution in [2.24, 2.45) is 4.99 Å². The Morgan fingerprint density at radius 1 is 1.47 bits per heavy atom. The highest BCUT2D eigenvalue weighted by Crippen LogP contribution is 2.43. The van der Waals surface area contributed by atoms with Crippen molar-refractivity contribution in [3.8, 4) is 5.75 Å². The SMILES string of the molecule is CSN1C=NC2(CCOc3ccccc32)C1=O. The molecule has 17 heavy (non-hydrogen) atoms. The molecular weight excluding hydrogens is 236 g/mol. The first-order valence-electron chi connectivity index (χ1n) is 5.43. The van der Waals surface area contributed by atoms with Crippen molar-refractivity contribution in [1.82, 2.24) is 4.31 Å². The first-order valence-corrected chi connectivity index (χ1v) is 6.61. The molecule has 88 valence electrons. The Hall–Kier alpha value is -1.49. The number of fused-ring (bicyclic) bond motifs is 2. The van der Waals surface area contributed by atoms with E-state index in [9.17, 15) is 4.79 Å². The normalized spacial score (nSPS) is 26.2. The molecule has 0 fully saturated rings. The van der Waals surface area contributed by atoms with E-state index in [2.05, 4.69) is 4.99 Å². The minimum absolute atomic E-state index is 0.0285. The van der Waals surface area contributed by atoms with Crippen molar-refractivity contribution in [2.75, 3.05) is 12.9 Å². The number of hydrogen-bond donors (Lipinski definition) is 0. The topological polar surface area (TPSA) is 41.9 Å². The van der Waals surface area contributed by atoms with E-state index in [0.717, 1.165) is 11.3 Å². The highest BCUT2D eigenvalue weighted by Gasteiger charge is 2.49. The van der Waals surface area contributed by atoms with Crippen LogP contribution >= 0.6 is 11.9 Å². The lowest BCUT2D eigenvalue weighted by molar-refractivity contribution is -0.128. The van der Waals surface area contributed by atoms with Gasteiger partial charge in [-0.3, -0.25) is 9.79 Å². The largest absolute Gasteiger partial charge is 0.493 e. The smallest absolute Gasteiger partial charge is 0.270 e. The molecule has 1 amide bonds. The molecular formula is C12H12N2O2S. The lowest BCUT2D eigenvalue weighted by atomic mass is 9.85. The zero-order chi connectivity index (χ0) is 11.9. The molecule has 5 heteroatoms. The van der Waals surface area contributed by atoms with Crippen LogP contribution in [-0.2, 0) is 10.3 Å². The molecule has 2 heterocycles. The maximum atomic E-state index is 12.4. The number of benzene rings is 1. The second kappa shape index (κ2) is 3.77. The van der Waals surface area contributed by atoms with Gasteiger partial charge < -0.3 is 4.74 Å². The summed E-state index contributed by atoms with van der Waals surface area (Å²) in [5.41, 5.74) is 0.127. The zero-order valence-electron chi connectivity index (χ0n) is 9.42. The molecule has 0 saturated carbocycles. The van der Waals surface area contributed by atoms with Gasteiger partial charge in [0.05, 0.1) is 6.61 Å². The quantitative estimate of drug-likeness (QED) is 0.712. The summed E-state index contributed by atoms with van der Waals surface area (Å²) in [4.78, 5) is 16.9. The van der Waals surface area contributed by atoms with E-state index < -0.39 is 5.54 Å². The van der Waals surface area contributed by atoms with Gasteiger partial charge in [0.15, 0.2) is 5.54 Å². The minimum atomic E-state index is -0.752. The van der Waals surface area contributed by atoms with Crippen LogP contribution in [0.3, 0.4) is 0 Å². The van der Waals surface area contributed by atoms with Crippen molar-refractivity contribution in [3.05, 3.63) is 29.8 Å². The van der Waals surface area contributed by atoms with E-state index in [0.29, 0.717) is 13.0 Å². The van der Waals surface area contributed by atoms with Gasteiger partial charge in [-0.15, -0.1) is 0 Å². The van der Waals surface area contributed by atoms with Crippen LogP contribution in [0.25, 0.3) is 0 Å². The van der Waals surface area contributed by atoms with E-state index in [-0.39, 0.29) is 5.91 Å². The van der Waals surface area contributed by atoms with Gasteiger partial charge in [-0.2, -0.15) is 0 Å². The summed E-state index contributed by atoms with van der Waals surface area (Å²) >= 11 is 1.38. The number of amides is 1. The average Bonchev–Trinajstić information content (AvgIpc) is 2.68. The van der Waals surface area contributed by atoms with Gasteiger partial charge in [-0.05, 0) is 18.0 Å². The number of rotatable bonds is 1. The Morgan fingerprint density at radius 3 is 3.06 bits per heavy atom. The third kappa shape index (κ3) is 1.38. The van der Waals surface area contributed by atoms with E-state index in [4.69, 9.17) is 4.74 Å². The molecule has 1 spiro atoms. The molecule has 1 aromatic rings. The fraction of sp³-hybridized carbons (Fsp3) is 0.333. The molecule has 0 N–H and O–H groups in total. The molecule has 0 radical (unpaired) electrons. The fourth-order valence-electron chi connectivity index (χ4n) is 2.30. The van der Waals surface area contributed by atoms with Crippen molar-refractivity contribution < 1.29 is 9.53 Å². The molecule has 1 atom stereocenters. The van der Waals surface area contributed by atoms with Crippen LogP contribution in [0.2, 0.25) is 0 Å². The molecule has 3 rings (SSSR count). The first-order chi connectivity index (χ1) is 8.28. The Morgan fingerprint density at radius 2 is 2.29 bits per heavy atom. The van der Waals surface area contributed by atoms with Crippen molar-refractivity contribution in [3.63, 3.8) is 0 Å². The van der Waals surface area contributed by atoms with Crippen LogP contribution < -0.4 is 4.74 Å². The Bertz CT molecular complexity index is 503. The molecule has 1 unspecified atom stereocenters. The van der Waals surface area contributed by atoms with Crippen molar-refractivity contribution in [1.29, 1.82) is 0 Å². The number of hydrogen-bond acceptors (Lipinski definition) is 4. The van der Waals surface area contributed by atoms with Gasteiger partial charge in [0.1, 0.15) is 12.1 Å². The third-order valence-electron chi connectivity index (χ3n) is 3.19. The van der Waals surface area contributed by atoms with E-state index in [1.807, 2.05) is 30.5 Å². The molecule has 2 aliphatic heterocycles. The first kappa shape index (κ1) is 10.7. The van der Waals surface area contributed by atoms with Crippen LogP contribution in [0, 0.1) is 0 Å². The maximum absolute atomic E-state index is 12.4. The lowest BCUT2D eigenvalue weighted by Crippen LogP contribution is -2.40. The Kier molecular flexibility index (Phi) is 2.36. The zero-order valence-corrected chi connectivity index (χ0v) is 10.2. The maximum Gasteiger partial charge on any atom is 0.270 e. The standard InChI is InChI=1S/C12H12N2O2S/c1-17-14-8-13-12(11(14)15)6-7-16-10-5-3-2-4-9(10)12/h2-5,8H,6-7H2,1H3. The minimum Gasteiger partial charge on any atom is -0.493 e. The van der Waals surface area contributed by atoms with Crippen LogP contribution in [0.5, 0.6) is 5.75 Å². The molecule has 0 saturated heterocycles. The van der Waals surface area contributed by atoms with Crippen molar-refractivity contribution >= 4 is 24.2 Å². The molecule has 4 nitrogen and oxygen atoms in total. The Labute approximate surface area is 104 Å². The third-order valence-corrected chi connectivity index (χ3v) is 3.84. The molecule has 0 bridgehead atoms. The molecule has 2 aliphatic rings. The van der Waals surface area contributed by atoms with Gasteiger partial charge in [0.2, 0.25) is 0 Å². The van der Waals surface area contributed by atoms with Crippen LogP contribution in [-0.4, -0.2) is 29.4 Å². The van der Waals surface area contributed by atoms with Gasteiger partial charge in [0.25, 0.3) is 5.91 Å². The van der Waals surface area contributed by atoms with E-state index in [1.54, 1.807) is 10.6 Å². The van der Waals surface area contributed by atoms with Gasteiger partial charge >= 0.3 is 0 Å². The van der Waals surface area contributed by atoms with E-state index in [1.165, 1.54) is 11.9 Å². The summed E-state index contributed by atoms with van der Waals surface area (Å²) in [7, 11) is 0. The van der Waals surface area contributed by atoms with Crippen LogP contribution in [0.1, 0.15) is 12.0 Å². The summed E-state index contributed by atoms with van der Waals surface area (Å²) in [5.74, 6) is 0.799. The Balaban J connectivity index is 2.12. The summed E-state index contributed by atoms with van der Waals surface area (Å²) in [6, 6.07) is 7.64. The summed E-state index contributed by atoms with van der Waals surface area (Å²) < 4.78 is 7.16. The van der Waals surface area contributed by atoms with Crippen LogP contribution in [0.15, 0.2) is 29.3 Å². The predicted octanol–water partition coefficient (Wildman–Crippen LogP) is 1.81. The average molecular weight is 248 g/mol. The summed E-state index contributed by atoms with van der Waals surface area (Å²) in [6.07, 6.45) is 4.10. The predicted molar refractivity (Wildman–Crippen MR) is 67.1 cm³/mol. The second-order valence-electron chi connectivity index (χ2n) is 4.01. The van der Waals surface area contributed by atoms with Gasteiger partial charge in [0, 0.05) is 18.2 Å². The number of carbonyl (C=O) groups excluding carboxylic acids is 1. The highest BCUT2D eigenvalue weighted by atomic mass is 32.2. The summed E-state index contributed by atoms with van der Waals surface area (Å²) in [5, 5.41) is 0. The molecule has 1 aromatic carbocycles. The van der Waals surface area contributed by atoms with E-state index >= 15 is 0 Å². The molecule has 0 aliphatic carbocycles. The number of para-hydroxylation sites is 1. The number of carbonyl (C=O) groups is 1. The number of aliphatic imine (C=N–C) groups is 1. The lowest BCUT2D eigenvalue weighted by Gasteiger charge is -2.31. The number of ether oxygens (including phenoxy) is 1. The van der Waals surface area contributed by atoms with Gasteiger partial charge in [-0.1, -0.05) is 18.2 Å². The fourth-order valence-corrected chi connectivity index (χ4v) is 2.76. The molecule has 0 aromatic heterocycles.